The second-order valence-electron chi connectivity index (χ2n) is 33.1. The normalized spacial score (nSPS) is 49.1. The summed E-state index contributed by atoms with van der Waals surface area (Å²) in [5.41, 5.74) is -10.1. The molecule has 6 fully saturated rings. The van der Waals surface area contributed by atoms with E-state index in [1.807, 2.05) is 0 Å². The van der Waals surface area contributed by atoms with E-state index in [0.717, 1.165) is 0 Å². The van der Waals surface area contributed by atoms with E-state index in [-0.39, 0.29) is 57.9 Å². The van der Waals surface area contributed by atoms with Gasteiger partial charge in [0.1, 0.15) is 59.4 Å². The van der Waals surface area contributed by atoms with Gasteiger partial charge in [-0.25, -0.2) is 0 Å². The van der Waals surface area contributed by atoms with Gasteiger partial charge in [0.15, 0.2) is 25.2 Å². The standard InChI is InChI=1S/C75H132N2O27/c1-26-49-74(19,90)60(83)39(7)54(79)35(3)30-70(15,89)64(41(9)58(43(11)66(87)99-49)101-52-32-71(16,92-23)62(85)45(13)97-52)103-69-57(82)48(29-38(6)96-69)77(22)51(78)34-76(21)47-28-37(5)95-68(56(47)81)104-65-42(10)59(102-53-33-72(17,93-24)63(86)46(14)98-53)44(12)67(88)100-50(27-2)75(20,91)61(84)40(8)55(80)36(4)31-73(65,18)94-25/h35-50,52-53,56-65,68-69,81-86,89-91H,26-34H2,1-25H3/t35-,36-,37-,38-,39+,40+,41+,42+,43-,44-,45+,46+,47+,48+,49-,50-,52+,53+,56-,57-,58+,59+,60-,61-,62+,63+,64-,65-,68+,69+,70-,71-,72-,73-,74-,75-/m1/s1. The molecule has 0 aromatic rings. The number of Topliss-reactive ketones (excluding diaryl/α,β-unsaturated/α-hetero) is 2. The molecule has 29 nitrogen and oxygen atoms in total. The quantitative estimate of drug-likeness (QED) is 0.0941. The summed E-state index contributed by atoms with van der Waals surface area (Å²) in [5.74, 6) is -11.9. The summed E-state index contributed by atoms with van der Waals surface area (Å²) in [6, 6.07) is -1.88. The van der Waals surface area contributed by atoms with Crippen molar-refractivity contribution in [2.24, 2.45) is 47.3 Å². The Kier molecular flexibility index (Phi) is 30.7. The van der Waals surface area contributed by atoms with Gasteiger partial charge < -0.3 is 112 Å². The topological polar surface area (TPSA) is 394 Å². The third-order valence-electron chi connectivity index (χ3n) is 24.6. The first kappa shape index (κ1) is 89.8. The van der Waals surface area contributed by atoms with Crippen LogP contribution in [-0.2, 0) is 85.6 Å². The minimum absolute atomic E-state index is 0.00271. The molecule has 0 spiro atoms. The number of rotatable bonds is 17. The Balaban J connectivity index is 1.33. The highest BCUT2D eigenvalue weighted by molar-refractivity contribution is 5.84. The summed E-state index contributed by atoms with van der Waals surface area (Å²) in [4.78, 5) is 76.3. The second-order valence-corrected chi connectivity index (χ2v) is 33.1. The fraction of sp³-hybridized carbons (Fsp3) is 0.933. The molecule has 0 radical (unpaired) electrons. The molecule has 6 aliphatic rings. The maximum atomic E-state index is 15.0. The summed E-state index contributed by atoms with van der Waals surface area (Å²) < 4.78 is 83.2. The van der Waals surface area contributed by atoms with Crippen LogP contribution in [0.4, 0.5) is 0 Å². The molecule has 0 bridgehead atoms. The van der Waals surface area contributed by atoms with E-state index in [2.05, 4.69) is 0 Å². The number of aliphatic hydroxyl groups is 9. The predicted molar refractivity (Wildman–Crippen MR) is 375 cm³/mol. The minimum Gasteiger partial charge on any atom is -0.459 e. The fourth-order valence-electron chi connectivity index (χ4n) is 17.4. The van der Waals surface area contributed by atoms with Crippen LogP contribution in [-0.4, -0.2) is 296 Å². The van der Waals surface area contributed by atoms with Gasteiger partial charge in [0.05, 0.1) is 108 Å². The number of ether oxygens (including phenoxy) is 13. The average molecular weight is 1490 g/mol. The number of carbonyl (C=O) groups is 5. The van der Waals surface area contributed by atoms with E-state index < -0.39 is 245 Å². The van der Waals surface area contributed by atoms with Gasteiger partial charge in [-0.2, -0.15) is 0 Å². The Morgan fingerprint density at radius 1 is 0.481 bits per heavy atom. The Morgan fingerprint density at radius 2 is 0.846 bits per heavy atom. The van der Waals surface area contributed by atoms with Crippen LogP contribution in [0.15, 0.2) is 0 Å². The molecule has 29 heteroatoms. The number of likely N-dealkylation sites (N-methyl/N-ethyl adjacent to an activating group) is 2. The zero-order valence-electron chi connectivity index (χ0n) is 66.5. The van der Waals surface area contributed by atoms with Gasteiger partial charge in [-0.05, 0) is 129 Å². The molecule has 6 heterocycles. The molecule has 0 saturated carbocycles. The Hall–Kier alpha value is -3.09. The molecule has 0 unspecified atom stereocenters. The van der Waals surface area contributed by atoms with E-state index in [4.69, 9.17) is 61.6 Å². The van der Waals surface area contributed by atoms with E-state index >= 15 is 0 Å². The van der Waals surface area contributed by atoms with Crippen LogP contribution >= 0.6 is 0 Å². The summed E-state index contributed by atoms with van der Waals surface area (Å²) in [6.45, 7) is 31.6. The van der Waals surface area contributed by atoms with Gasteiger partial charge in [0.25, 0.3) is 0 Å². The lowest BCUT2D eigenvalue weighted by Crippen LogP contribution is -2.63. The zero-order chi connectivity index (χ0) is 78.9. The summed E-state index contributed by atoms with van der Waals surface area (Å²) in [5, 5.41) is 108. The first-order chi connectivity index (χ1) is 48.0. The number of methoxy groups -OCH3 is 3. The maximum absolute atomic E-state index is 15.0. The van der Waals surface area contributed by atoms with Crippen LogP contribution in [0.2, 0.25) is 0 Å². The fourth-order valence-corrected chi connectivity index (χ4v) is 17.4. The van der Waals surface area contributed by atoms with Gasteiger partial charge in [0.2, 0.25) is 5.91 Å². The first-order valence-corrected chi connectivity index (χ1v) is 37.6. The molecule has 604 valence electrons. The molecular weight excluding hydrogens is 1360 g/mol. The number of hydrogen-bond donors (Lipinski definition) is 9. The van der Waals surface area contributed by atoms with Crippen molar-refractivity contribution in [3.63, 3.8) is 0 Å². The zero-order valence-corrected chi connectivity index (χ0v) is 66.5. The van der Waals surface area contributed by atoms with E-state index in [1.165, 1.54) is 74.8 Å². The Labute approximate surface area is 616 Å². The van der Waals surface area contributed by atoms with Crippen LogP contribution in [0.3, 0.4) is 0 Å². The van der Waals surface area contributed by atoms with Gasteiger partial charge in [0, 0.05) is 82.8 Å². The van der Waals surface area contributed by atoms with E-state index in [0.29, 0.717) is 0 Å². The summed E-state index contributed by atoms with van der Waals surface area (Å²) in [7, 11) is 7.47. The molecule has 0 aliphatic carbocycles. The molecule has 6 saturated heterocycles. The molecule has 36 atom stereocenters. The van der Waals surface area contributed by atoms with Crippen LogP contribution in [0, 0.1) is 47.3 Å². The second kappa shape index (κ2) is 35.5. The van der Waals surface area contributed by atoms with Crippen LogP contribution < -0.4 is 0 Å². The van der Waals surface area contributed by atoms with Crippen molar-refractivity contribution in [2.45, 2.75) is 358 Å². The molecule has 104 heavy (non-hydrogen) atoms. The lowest BCUT2D eigenvalue weighted by Gasteiger charge is -2.50. The van der Waals surface area contributed by atoms with Gasteiger partial charge in [-0.1, -0.05) is 55.4 Å². The molecule has 6 rings (SSSR count). The van der Waals surface area contributed by atoms with Crippen molar-refractivity contribution in [3.8, 4) is 0 Å². The van der Waals surface area contributed by atoms with Crippen LogP contribution in [0.1, 0.15) is 190 Å². The lowest BCUT2D eigenvalue weighted by molar-refractivity contribution is -0.320. The van der Waals surface area contributed by atoms with Crippen molar-refractivity contribution in [1.29, 1.82) is 0 Å². The third kappa shape index (κ3) is 19.3. The third-order valence-corrected chi connectivity index (χ3v) is 24.6. The van der Waals surface area contributed by atoms with E-state index in [9.17, 15) is 69.9 Å². The van der Waals surface area contributed by atoms with Crippen molar-refractivity contribution in [2.75, 3.05) is 42.0 Å². The number of ketones is 2. The molecule has 1 amide bonds. The largest absolute Gasteiger partial charge is 0.459 e. The maximum Gasteiger partial charge on any atom is 0.311 e. The Morgan fingerprint density at radius 3 is 1.24 bits per heavy atom. The number of esters is 2. The monoisotopic (exact) mass is 1490 g/mol. The number of cyclic esters (lactones) is 2. The van der Waals surface area contributed by atoms with Gasteiger partial charge >= 0.3 is 11.9 Å². The SMILES string of the molecule is CC[C@H]1OC(=O)[C@H](C)[C@@H](O[C@H]2C[C@@](C)(OC)[C@@H](O)[C@H](C)O2)[C@H](C)[C@@H](O[C@@H]2O[C@H](C)C[C@H](N(C)CC(=O)N(C)[C@H]3C[C@@H](C)O[C@@H](O[C@@H]4[C@@H](C)[C@H](O[C@H]5C[C@@](C)(OC)[C@@H](O)[C@H](C)O5)[C@@H](C)C(=O)O[C@H](CC)[C@@](C)(O)[C@H](O)[C@@H](C)C(=O)[C@H](C)C[C@@]4(C)O)[C@@H]3O)[C@H]2O)[C@](C)(OC)C[C@@H](C)C(=O)[C@H](C)[C@@H](O)[C@]1(C)O. The first-order valence-electron chi connectivity index (χ1n) is 37.6. The van der Waals surface area contributed by atoms with Crippen molar-refractivity contribution >= 4 is 29.4 Å². The van der Waals surface area contributed by atoms with E-state index in [1.54, 1.807) is 109 Å². The highest BCUT2D eigenvalue weighted by Gasteiger charge is 2.58. The molecule has 6 aliphatic heterocycles. The highest BCUT2D eigenvalue weighted by atomic mass is 16.7. The number of hydrogen-bond acceptors (Lipinski definition) is 28. The molecular formula is C75H132N2O27. The van der Waals surface area contributed by atoms with Crippen LogP contribution in [0.25, 0.3) is 0 Å². The smallest absolute Gasteiger partial charge is 0.311 e. The van der Waals surface area contributed by atoms with Gasteiger partial charge in [-0.3, -0.25) is 28.9 Å². The van der Waals surface area contributed by atoms with Crippen molar-refractivity contribution in [3.05, 3.63) is 0 Å². The van der Waals surface area contributed by atoms with Crippen molar-refractivity contribution in [1.82, 2.24) is 9.80 Å². The molecule has 9 N–H and O–H groups in total. The highest BCUT2D eigenvalue weighted by Crippen LogP contribution is 2.45. The summed E-state index contributed by atoms with van der Waals surface area (Å²) in [6.07, 6.45) is -24.9. The number of carbonyl (C=O) groups excluding carboxylic acids is 5. The predicted octanol–water partition coefficient (Wildman–Crippen LogP) is 3.51. The Bertz CT molecular complexity index is 2840. The summed E-state index contributed by atoms with van der Waals surface area (Å²) >= 11 is 0. The van der Waals surface area contributed by atoms with Gasteiger partial charge in [-0.15, -0.1) is 0 Å². The number of nitrogens with zero attached hydrogens (tertiary/aromatic N) is 2. The number of aliphatic hydroxyl groups excluding tert-OH is 6. The molecule has 0 aromatic carbocycles. The minimum atomic E-state index is -2.12. The van der Waals surface area contributed by atoms with Crippen LogP contribution in [0.5, 0.6) is 0 Å². The molecule has 0 aromatic heterocycles. The van der Waals surface area contributed by atoms with Crippen molar-refractivity contribution < 1.29 is 132 Å². The average Bonchev–Trinajstić information content (AvgIpc) is 0.777. The lowest BCUT2D eigenvalue weighted by atomic mass is 9.74. The number of amides is 1.